The number of rotatable bonds is 4. The lowest BCUT2D eigenvalue weighted by Crippen LogP contribution is -2.06. The van der Waals surface area contributed by atoms with E-state index in [0.29, 0.717) is 0 Å². The molecule has 0 radical (unpaired) electrons. The van der Waals surface area contributed by atoms with Crippen molar-refractivity contribution in [1.82, 2.24) is 5.32 Å². The van der Waals surface area contributed by atoms with Crippen LogP contribution in [0.25, 0.3) is 0 Å². The zero-order chi connectivity index (χ0) is 10.2. The van der Waals surface area contributed by atoms with Gasteiger partial charge >= 0.3 is 0 Å². The first kappa shape index (κ1) is 17.9. The second-order valence-corrected chi connectivity index (χ2v) is 2.46. The van der Waals surface area contributed by atoms with Crippen LogP contribution in [0.4, 0.5) is 0 Å². The topological polar surface area (TPSA) is 12.0 Å². The van der Waals surface area contributed by atoms with Crippen LogP contribution >= 0.6 is 0 Å². The van der Waals surface area contributed by atoms with Gasteiger partial charge in [0.25, 0.3) is 0 Å². The second-order valence-electron chi connectivity index (χ2n) is 2.46. The van der Waals surface area contributed by atoms with Crippen LogP contribution in [0.3, 0.4) is 0 Å². The fraction of sp³-hybridized carbons (Fsp3) is 1.00. The third-order valence-electron chi connectivity index (χ3n) is 1.28. The highest BCUT2D eigenvalue weighted by Crippen LogP contribution is 1.79. The van der Waals surface area contributed by atoms with E-state index in [0.717, 1.165) is 6.54 Å². The van der Waals surface area contributed by atoms with Gasteiger partial charge in [-0.1, -0.05) is 53.9 Å². The van der Waals surface area contributed by atoms with E-state index >= 15 is 0 Å². The number of nitrogens with one attached hydrogen (secondary N) is 1. The van der Waals surface area contributed by atoms with Crippen LogP contribution in [0.15, 0.2) is 0 Å². The Labute approximate surface area is 80.0 Å². The second kappa shape index (κ2) is 30.6. The van der Waals surface area contributed by atoms with Gasteiger partial charge in [0, 0.05) is 0 Å². The maximum atomic E-state index is 3.07. The molecule has 0 spiro atoms. The highest BCUT2D eigenvalue weighted by molar-refractivity contribution is 4.34. The Balaban J connectivity index is -0.000000118. The van der Waals surface area contributed by atoms with Gasteiger partial charge in [-0.3, -0.25) is 0 Å². The predicted molar refractivity (Wildman–Crippen MR) is 60.8 cm³/mol. The Morgan fingerprint density at radius 2 is 1.25 bits per heavy atom. The van der Waals surface area contributed by atoms with Crippen LogP contribution in [0, 0.1) is 0 Å². The summed E-state index contributed by atoms with van der Waals surface area (Å²) in [6, 6.07) is 0. The van der Waals surface area contributed by atoms with E-state index in [2.05, 4.69) is 26.1 Å². The summed E-state index contributed by atoms with van der Waals surface area (Å²) in [6.45, 7) is 11.7. The summed E-state index contributed by atoms with van der Waals surface area (Å²) in [7, 11) is 1.98. The molecule has 1 nitrogen and oxygen atoms in total. The lowest BCUT2D eigenvalue weighted by Gasteiger charge is -1.89. The third kappa shape index (κ3) is 51.0. The monoisotopic (exact) mass is 175 g/mol. The summed E-state index contributed by atoms with van der Waals surface area (Å²) >= 11 is 0. The molecule has 0 fully saturated rings. The van der Waals surface area contributed by atoms with Gasteiger partial charge in [-0.05, 0) is 20.0 Å². The molecular weight excluding hydrogens is 146 g/mol. The minimum absolute atomic E-state index is 1.16. The standard InChI is InChI=1S/C5H13N.C4H10.C2H6/c1-3-4-5-6-2;1-3-4-2;1-2/h6H,3-5H2,1-2H3;3-4H2,1-2H3;1-2H3. The first-order valence-corrected chi connectivity index (χ1v) is 5.47. The Hall–Kier alpha value is -0.0400. The lowest BCUT2D eigenvalue weighted by atomic mass is 10.3. The van der Waals surface area contributed by atoms with Crippen molar-refractivity contribution in [2.75, 3.05) is 13.6 Å². The molecule has 0 saturated carbocycles. The summed E-state index contributed by atoms with van der Waals surface area (Å²) < 4.78 is 0. The molecule has 0 rings (SSSR count). The van der Waals surface area contributed by atoms with Crippen molar-refractivity contribution >= 4 is 0 Å². The molecule has 0 aliphatic heterocycles. The molecule has 1 heteroatoms. The lowest BCUT2D eigenvalue weighted by molar-refractivity contribution is 0.711. The summed E-state index contributed by atoms with van der Waals surface area (Å²) in [5.74, 6) is 0. The molecular formula is C11H29N. The number of unbranched alkanes of at least 4 members (excludes halogenated alkanes) is 2. The number of hydrogen-bond donors (Lipinski definition) is 1. The quantitative estimate of drug-likeness (QED) is 0.640. The molecule has 0 aliphatic rings. The van der Waals surface area contributed by atoms with Gasteiger partial charge in [-0.2, -0.15) is 0 Å². The van der Waals surface area contributed by atoms with Gasteiger partial charge in [0.1, 0.15) is 0 Å². The molecule has 0 aromatic rings. The van der Waals surface area contributed by atoms with Crippen molar-refractivity contribution in [3.63, 3.8) is 0 Å². The van der Waals surface area contributed by atoms with Crippen LogP contribution < -0.4 is 5.32 Å². The van der Waals surface area contributed by atoms with E-state index < -0.39 is 0 Å². The van der Waals surface area contributed by atoms with Gasteiger partial charge in [0.15, 0.2) is 0 Å². The molecule has 0 atom stereocenters. The van der Waals surface area contributed by atoms with E-state index in [-0.39, 0.29) is 0 Å². The van der Waals surface area contributed by atoms with Crippen LogP contribution in [0.2, 0.25) is 0 Å². The summed E-state index contributed by atoms with van der Waals surface area (Å²) in [4.78, 5) is 0. The Bertz CT molecular complexity index is 30.0. The highest BCUT2D eigenvalue weighted by Gasteiger charge is 1.73. The zero-order valence-corrected chi connectivity index (χ0v) is 10.0. The van der Waals surface area contributed by atoms with Crippen molar-refractivity contribution in [2.45, 2.75) is 60.3 Å². The van der Waals surface area contributed by atoms with E-state index in [1.54, 1.807) is 0 Å². The fourth-order valence-corrected chi connectivity index (χ4v) is 0.354. The maximum absolute atomic E-state index is 3.07. The van der Waals surface area contributed by atoms with Gasteiger partial charge < -0.3 is 5.32 Å². The molecule has 78 valence electrons. The predicted octanol–water partition coefficient (Wildman–Crippen LogP) is 3.84. The van der Waals surface area contributed by atoms with Crippen molar-refractivity contribution in [1.29, 1.82) is 0 Å². The van der Waals surface area contributed by atoms with Crippen LogP contribution in [0.5, 0.6) is 0 Å². The third-order valence-corrected chi connectivity index (χ3v) is 1.28. The van der Waals surface area contributed by atoms with Crippen LogP contribution in [-0.2, 0) is 0 Å². The molecule has 1 N–H and O–H groups in total. The first-order valence-electron chi connectivity index (χ1n) is 5.47. The largest absolute Gasteiger partial charge is 0.320 e. The number of hydrogen-bond acceptors (Lipinski definition) is 1. The van der Waals surface area contributed by atoms with Gasteiger partial charge in [-0.25, -0.2) is 0 Å². The van der Waals surface area contributed by atoms with E-state index in [1.807, 2.05) is 20.9 Å². The average molecular weight is 175 g/mol. The minimum atomic E-state index is 1.16. The van der Waals surface area contributed by atoms with Crippen molar-refractivity contribution in [3.05, 3.63) is 0 Å². The van der Waals surface area contributed by atoms with Gasteiger partial charge in [-0.15, -0.1) is 0 Å². The highest BCUT2D eigenvalue weighted by atomic mass is 14.8. The van der Waals surface area contributed by atoms with E-state index in [9.17, 15) is 0 Å². The molecule has 0 aromatic carbocycles. The SMILES string of the molecule is CC.CCCC.CCCCNC. The smallest absolute Gasteiger partial charge is 0.00520 e. The molecule has 0 aromatic heterocycles. The summed E-state index contributed by atoms with van der Waals surface area (Å²) in [6.07, 6.45) is 5.23. The van der Waals surface area contributed by atoms with E-state index in [1.165, 1.54) is 25.7 Å². The van der Waals surface area contributed by atoms with Crippen LogP contribution in [0.1, 0.15) is 60.3 Å². The molecule has 0 amide bonds. The average Bonchev–Trinajstić information content (AvgIpc) is 2.18. The fourth-order valence-electron chi connectivity index (χ4n) is 0.354. The molecule has 0 unspecified atom stereocenters. The van der Waals surface area contributed by atoms with E-state index in [4.69, 9.17) is 0 Å². The Morgan fingerprint density at radius 3 is 1.33 bits per heavy atom. The molecule has 12 heavy (non-hydrogen) atoms. The van der Waals surface area contributed by atoms with Crippen molar-refractivity contribution in [2.24, 2.45) is 0 Å². The maximum Gasteiger partial charge on any atom is -0.00520 e. The normalized spacial score (nSPS) is 7.50. The first-order chi connectivity index (χ1) is 5.83. The van der Waals surface area contributed by atoms with Crippen molar-refractivity contribution < 1.29 is 0 Å². The summed E-state index contributed by atoms with van der Waals surface area (Å²) in [5, 5.41) is 3.07. The van der Waals surface area contributed by atoms with Gasteiger partial charge in [0.2, 0.25) is 0 Å². The summed E-state index contributed by atoms with van der Waals surface area (Å²) in [5.41, 5.74) is 0. The Kier molecular flexibility index (Phi) is 45.6. The molecule has 0 saturated heterocycles. The minimum Gasteiger partial charge on any atom is -0.320 e. The van der Waals surface area contributed by atoms with Crippen LogP contribution in [-0.4, -0.2) is 13.6 Å². The molecule has 0 heterocycles. The zero-order valence-electron chi connectivity index (χ0n) is 10.0. The van der Waals surface area contributed by atoms with Gasteiger partial charge in [0.05, 0.1) is 0 Å². The van der Waals surface area contributed by atoms with Crippen molar-refractivity contribution in [3.8, 4) is 0 Å². The Morgan fingerprint density at radius 1 is 0.833 bits per heavy atom. The molecule has 0 bridgehead atoms. The molecule has 0 aliphatic carbocycles.